The molecule has 25 heavy (non-hydrogen) atoms. The average molecular weight is 379 g/mol. The zero-order valence-electron chi connectivity index (χ0n) is 12.3. The molecule has 0 saturated heterocycles. The molecule has 2 aromatic carbocycles. The number of hydrogen-bond acceptors (Lipinski definition) is 5. The molecule has 126 valence electrons. The molecular weight excluding hydrogens is 371 g/mol. The van der Waals surface area contributed by atoms with Gasteiger partial charge in [-0.2, -0.15) is 5.10 Å². The number of nitro groups is 2. The summed E-state index contributed by atoms with van der Waals surface area (Å²) in [4.78, 5) is 21.0. The Labute approximate surface area is 150 Å². The lowest BCUT2D eigenvalue weighted by molar-refractivity contribution is -0.384. The van der Waals surface area contributed by atoms with Crippen LogP contribution in [0.1, 0.15) is 0 Å². The molecule has 3 aromatic rings. The van der Waals surface area contributed by atoms with Crippen LogP contribution in [0.5, 0.6) is 0 Å². The van der Waals surface area contributed by atoms with Gasteiger partial charge in [0.1, 0.15) is 6.20 Å². The van der Waals surface area contributed by atoms with Crippen LogP contribution in [0.4, 0.5) is 11.4 Å². The summed E-state index contributed by atoms with van der Waals surface area (Å²) in [5, 5.41) is 26.8. The number of halogens is 2. The maximum atomic E-state index is 11.4. The van der Waals surface area contributed by atoms with Gasteiger partial charge in [0.2, 0.25) is 0 Å². The number of nitro benzene ring substituents is 1. The van der Waals surface area contributed by atoms with Gasteiger partial charge in [-0.05, 0) is 30.3 Å². The van der Waals surface area contributed by atoms with E-state index in [1.807, 2.05) is 0 Å². The highest BCUT2D eigenvalue weighted by Crippen LogP contribution is 2.37. The fraction of sp³-hybridized carbons (Fsp3) is 0. The first kappa shape index (κ1) is 16.9. The van der Waals surface area contributed by atoms with Crippen molar-refractivity contribution in [1.29, 1.82) is 0 Å². The molecule has 0 spiro atoms. The van der Waals surface area contributed by atoms with Crippen molar-refractivity contribution in [1.82, 2.24) is 9.78 Å². The Morgan fingerprint density at radius 1 is 0.960 bits per heavy atom. The van der Waals surface area contributed by atoms with Crippen LogP contribution in [0.25, 0.3) is 16.9 Å². The van der Waals surface area contributed by atoms with Gasteiger partial charge in [-0.1, -0.05) is 23.2 Å². The summed E-state index contributed by atoms with van der Waals surface area (Å²) in [6.07, 6.45) is 1.10. The van der Waals surface area contributed by atoms with Gasteiger partial charge in [-0.25, -0.2) is 4.68 Å². The molecule has 8 nitrogen and oxygen atoms in total. The monoisotopic (exact) mass is 378 g/mol. The van der Waals surface area contributed by atoms with Crippen molar-refractivity contribution in [2.45, 2.75) is 0 Å². The molecule has 0 unspecified atom stereocenters. The molecule has 1 aromatic heterocycles. The summed E-state index contributed by atoms with van der Waals surface area (Å²) < 4.78 is 1.30. The fourth-order valence-electron chi connectivity index (χ4n) is 2.32. The van der Waals surface area contributed by atoms with Gasteiger partial charge in [-0.3, -0.25) is 20.2 Å². The number of benzene rings is 2. The van der Waals surface area contributed by atoms with Crippen molar-refractivity contribution >= 4 is 34.6 Å². The Kier molecular flexibility index (Phi) is 4.39. The van der Waals surface area contributed by atoms with Gasteiger partial charge >= 0.3 is 5.69 Å². The summed E-state index contributed by atoms with van der Waals surface area (Å²) in [5.41, 5.74) is 0.591. The van der Waals surface area contributed by atoms with Crippen LogP contribution in [0.3, 0.4) is 0 Å². The van der Waals surface area contributed by atoms with Gasteiger partial charge in [0.25, 0.3) is 5.69 Å². The molecule has 0 bridgehead atoms. The van der Waals surface area contributed by atoms with Crippen molar-refractivity contribution < 1.29 is 9.85 Å². The Hall–Kier alpha value is -2.97. The third-order valence-corrected chi connectivity index (χ3v) is 3.99. The predicted octanol–water partition coefficient (Wildman–Crippen LogP) is 4.66. The minimum atomic E-state index is -0.574. The van der Waals surface area contributed by atoms with E-state index < -0.39 is 9.85 Å². The molecule has 0 saturated carbocycles. The largest absolute Gasteiger partial charge is 0.315 e. The van der Waals surface area contributed by atoms with Crippen molar-refractivity contribution in [2.24, 2.45) is 0 Å². The molecule has 0 N–H and O–H groups in total. The van der Waals surface area contributed by atoms with E-state index in [1.54, 1.807) is 12.1 Å². The summed E-state index contributed by atoms with van der Waals surface area (Å²) in [6.45, 7) is 0. The molecular formula is C15H8Cl2N4O4. The molecule has 0 atom stereocenters. The lowest BCUT2D eigenvalue weighted by atomic mass is 10.1. The van der Waals surface area contributed by atoms with Crippen LogP contribution in [-0.2, 0) is 0 Å². The van der Waals surface area contributed by atoms with Crippen molar-refractivity contribution in [3.63, 3.8) is 0 Å². The quantitative estimate of drug-likeness (QED) is 0.484. The lowest BCUT2D eigenvalue weighted by Crippen LogP contribution is -2.01. The van der Waals surface area contributed by atoms with Crippen LogP contribution < -0.4 is 0 Å². The highest BCUT2D eigenvalue weighted by molar-refractivity contribution is 6.36. The second-order valence-corrected chi connectivity index (χ2v) is 5.79. The minimum absolute atomic E-state index is 0.100. The molecule has 0 amide bonds. The van der Waals surface area contributed by atoms with E-state index in [0.29, 0.717) is 16.3 Å². The van der Waals surface area contributed by atoms with E-state index in [2.05, 4.69) is 5.10 Å². The Morgan fingerprint density at radius 2 is 1.64 bits per heavy atom. The van der Waals surface area contributed by atoms with E-state index in [1.165, 1.54) is 35.0 Å². The second kappa shape index (κ2) is 6.50. The Bertz CT molecular complexity index is 986. The molecule has 0 aliphatic heterocycles. The summed E-state index contributed by atoms with van der Waals surface area (Å²) in [7, 11) is 0. The van der Waals surface area contributed by atoms with Crippen LogP contribution in [-0.4, -0.2) is 19.6 Å². The van der Waals surface area contributed by atoms with Crippen molar-refractivity contribution in [3.8, 4) is 16.9 Å². The maximum Gasteiger partial charge on any atom is 0.315 e. The Balaban J connectivity index is 2.21. The third-order valence-electron chi connectivity index (χ3n) is 3.44. The highest BCUT2D eigenvalue weighted by Gasteiger charge is 2.25. The molecule has 3 rings (SSSR count). The van der Waals surface area contributed by atoms with Gasteiger partial charge in [-0.15, -0.1) is 0 Å². The second-order valence-electron chi connectivity index (χ2n) is 4.95. The van der Waals surface area contributed by atoms with E-state index in [0.717, 1.165) is 6.20 Å². The van der Waals surface area contributed by atoms with E-state index >= 15 is 0 Å². The lowest BCUT2D eigenvalue weighted by Gasteiger charge is -2.09. The number of aromatic nitrogens is 2. The average Bonchev–Trinajstić information content (AvgIpc) is 3.00. The maximum absolute atomic E-state index is 11.4. The van der Waals surface area contributed by atoms with E-state index in [9.17, 15) is 20.2 Å². The number of non-ortho nitro benzene ring substituents is 1. The normalized spacial score (nSPS) is 10.6. The first-order chi connectivity index (χ1) is 11.9. The highest BCUT2D eigenvalue weighted by atomic mass is 35.5. The van der Waals surface area contributed by atoms with Gasteiger partial charge in [0.05, 0.1) is 20.6 Å². The zero-order valence-corrected chi connectivity index (χ0v) is 13.8. The van der Waals surface area contributed by atoms with E-state index in [4.69, 9.17) is 23.2 Å². The Morgan fingerprint density at radius 3 is 2.20 bits per heavy atom. The van der Waals surface area contributed by atoms with Crippen LogP contribution in [0, 0.1) is 20.2 Å². The first-order valence-electron chi connectivity index (χ1n) is 6.81. The predicted molar refractivity (Wildman–Crippen MR) is 92.3 cm³/mol. The SMILES string of the molecule is O=[N+]([O-])c1ccc(-n2ncc([N+](=O)[O-])c2-c2ccc(Cl)cc2Cl)cc1. The minimum Gasteiger partial charge on any atom is -0.258 e. The molecule has 10 heteroatoms. The summed E-state index contributed by atoms with van der Waals surface area (Å²) in [6, 6.07) is 10.0. The summed E-state index contributed by atoms with van der Waals surface area (Å²) >= 11 is 12.1. The van der Waals surface area contributed by atoms with Crippen LogP contribution >= 0.6 is 23.2 Å². The molecule has 0 fully saturated rings. The number of rotatable bonds is 4. The molecule has 1 heterocycles. The summed E-state index contributed by atoms with van der Waals surface area (Å²) in [5.74, 6) is 0. The van der Waals surface area contributed by atoms with Crippen LogP contribution in [0.2, 0.25) is 10.0 Å². The topological polar surface area (TPSA) is 104 Å². The molecule has 0 aliphatic rings. The molecule has 0 aliphatic carbocycles. The van der Waals surface area contributed by atoms with Crippen molar-refractivity contribution in [2.75, 3.05) is 0 Å². The smallest absolute Gasteiger partial charge is 0.258 e. The van der Waals surface area contributed by atoms with E-state index in [-0.39, 0.29) is 22.1 Å². The first-order valence-corrected chi connectivity index (χ1v) is 7.56. The van der Waals surface area contributed by atoms with Gasteiger partial charge < -0.3 is 0 Å². The number of hydrogen-bond donors (Lipinski definition) is 0. The van der Waals surface area contributed by atoms with Gasteiger partial charge in [0, 0.05) is 22.7 Å². The third kappa shape index (κ3) is 3.17. The van der Waals surface area contributed by atoms with Gasteiger partial charge in [0.15, 0.2) is 5.69 Å². The standard InChI is InChI=1S/C15H8Cl2N4O4/c16-9-1-6-12(13(17)7-9)15-14(21(24)25)8-18-19(15)10-2-4-11(5-3-10)20(22)23/h1-8H. The molecule has 0 radical (unpaired) electrons. The number of nitrogens with zero attached hydrogens (tertiary/aromatic N) is 4. The fourth-order valence-corrected chi connectivity index (χ4v) is 2.82. The zero-order chi connectivity index (χ0) is 18.1. The van der Waals surface area contributed by atoms with Crippen LogP contribution in [0.15, 0.2) is 48.7 Å². The van der Waals surface area contributed by atoms with Crippen molar-refractivity contribution in [3.05, 3.63) is 78.9 Å².